The molecule has 3 aromatic carbocycles. The van der Waals surface area contributed by atoms with Crippen LogP contribution in [0.25, 0.3) is 0 Å². The number of nitrogens with zero attached hydrogens (tertiary/aromatic N) is 1. The van der Waals surface area contributed by atoms with E-state index in [1.54, 1.807) is 12.1 Å². The first-order valence-electron chi connectivity index (χ1n) is 11.3. The molecule has 1 saturated heterocycles. The normalized spacial score (nSPS) is 14.4. The molecule has 0 atom stereocenters. The average molecular weight is 494 g/mol. The Morgan fingerprint density at radius 1 is 1.00 bits per heavy atom. The van der Waals surface area contributed by atoms with Crippen LogP contribution in [0.1, 0.15) is 29.2 Å². The zero-order valence-corrected chi connectivity index (χ0v) is 20.2. The van der Waals surface area contributed by atoms with E-state index in [-0.39, 0.29) is 25.5 Å². The molecule has 4 rings (SSSR count). The van der Waals surface area contributed by atoms with Crippen LogP contribution in [0.4, 0.5) is 5.69 Å². The number of carbonyl (C=O) groups is 2. The highest BCUT2D eigenvalue weighted by Crippen LogP contribution is 2.34. The lowest BCUT2D eigenvalue weighted by molar-refractivity contribution is -0.120. The molecular weight excluding hydrogens is 466 g/mol. The predicted molar refractivity (Wildman–Crippen MR) is 133 cm³/mol. The van der Waals surface area contributed by atoms with Crippen molar-refractivity contribution < 1.29 is 22.7 Å². The van der Waals surface area contributed by atoms with Crippen LogP contribution in [0.5, 0.6) is 5.75 Å². The number of carbonyl (C=O) groups excluding carboxylic acids is 2. The van der Waals surface area contributed by atoms with Crippen molar-refractivity contribution in [2.75, 3.05) is 17.4 Å². The fourth-order valence-corrected chi connectivity index (χ4v) is 5.10. The van der Waals surface area contributed by atoms with Crippen LogP contribution in [-0.2, 0) is 39.2 Å². The summed E-state index contributed by atoms with van der Waals surface area (Å²) in [5, 5.41) is 2.82. The molecule has 0 bridgehead atoms. The Hall–Kier alpha value is -3.85. The van der Waals surface area contributed by atoms with Gasteiger partial charge < -0.3 is 10.1 Å². The quantitative estimate of drug-likeness (QED) is 0.477. The molecule has 1 aliphatic heterocycles. The number of hydrogen-bond donors (Lipinski definition) is 2. The van der Waals surface area contributed by atoms with Crippen LogP contribution in [-0.4, -0.2) is 33.3 Å². The molecule has 1 fully saturated rings. The second kappa shape index (κ2) is 10.6. The van der Waals surface area contributed by atoms with Gasteiger partial charge in [0.1, 0.15) is 18.9 Å². The summed E-state index contributed by atoms with van der Waals surface area (Å²) in [6.07, 6.45) is 0.806. The van der Waals surface area contributed by atoms with Crippen LogP contribution in [0, 0.1) is 0 Å². The minimum Gasteiger partial charge on any atom is -0.487 e. The number of likely N-dealkylation sites (N-methyl/N-ethyl adjacent to an activating group) is 1. The third-order valence-corrected chi connectivity index (χ3v) is 6.98. The highest BCUT2D eigenvalue weighted by atomic mass is 32.2. The molecule has 0 saturated carbocycles. The number of ether oxygens (including phenoxy) is 1. The Balaban J connectivity index is 1.64. The topological polar surface area (TPSA) is 105 Å². The van der Waals surface area contributed by atoms with E-state index in [2.05, 4.69) is 5.32 Å². The van der Waals surface area contributed by atoms with Crippen molar-refractivity contribution in [1.29, 1.82) is 0 Å². The molecule has 35 heavy (non-hydrogen) atoms. The molecule has 1 heterocycles. The first kappa shape index (κ1) is 24.3. The van der Waals surface area contributed by atoms with Gasteiger partial charge in [0.2, 0.25) is 5.91 Å². The van der Waals surface area contributed by atoms with Crippen molar-refractivity contribution in [3.05, 3.63) is 95.1 Å². The van der Waals surface area contributed by atoms with Crippen molar-refractivity contribution in [2.45, 2.75) is 26.4 Å². The minimum absolute atomic E-state index is 0.0430. The van der Waals surface area contributed by atoms with E-state index in [4.69, 9.17) is 4.74 Å². The SMILES string of the molecule is CCNC(=O)Cc1ccccc1Cc1ccc(N2CC(=O)NS2(=O)=O)c(OCc2ccccc2)c1. The summed E-state index contributed by atoms with van der Waals surface area (Å²) in [5.41, 5.74) is 4.02. The van der Waals surface area contributed by atoms with Gasteiger partial charge in [-0.25, -0.2) is 9.03 Å². The maximum Gasteiger partial charge on any atom is 0.326 e. The first-order chi connectivity index (χ1) is 16.9. The molecule has 0 radical (unpaired) electrons. The van der Waals surface area contributed by atoms with E-state index in [1.807, 2.05) is 72.3 Å². The zero-order chi connectivity index (χ0) is 24.8. The van der Waals surface area contributed by atoms with Gasteiger partial charge in [-0.2, -0.15) is 8.42 Å². The molecule has 1 aliphatic rings. The summed E-state index contributed by atoms with van der Waals surface area (Å²) in [4.78, 5) is 24.0. The fourth-order valence-electron chi connectivity index (χ4n) is 3.94. The number of anilines is 1. The molecule has 0 aromatic heterocycles. The van der Waals surface area contributed by atoms with Gasteiger partial charge in [-0.3, -0.25) is 9.59 Å². The highest BCUT2D eigenvalue weighted by Gasteiger charge is 2.35. The standard InChI is InChI=1S/C26H27N3O5S/c1-2-27-25(30)16-22-11-7-6-10-21(22)14-20-12-13-23(29-17-26(31)28-35(29,32)33)24(15-20)34-18-19-8-4-3-5-9-19/h3-13,15H,2,14,16-18H2,1H3,(H,27,30)(H,28,31). The summed E-state index contributed by atoms with van der Waals surface area (Å²) in [5.74, 6) is -0.284. The van der Waals surface area contributed by atoms with Crippen LogP contribution >= 0.6 is 0 Å². The Kier molecular flexibility index (Phi) is 7.36. The predicted octanol–water partition coefficient (Wildman–Crippen LogP) is 2.72. The lowest BCUT2D eigenvalue weighted by atomic mass is 9.97. The first-order valence-corrected chi connectivity index (χ1v) is 12.8. The Morgan fingerprint density at radius 3 is 2.40 bits per heavy atom. The largest absolute Gasteiger partial charge is 0.487 e. The van der Waals surface area contributed by atoms with Crippen LogP contribution in [0.2, 0.25) is 0 Å². The third-order valence-electron chi connectivity index (χ3n) is 5.59. The fraction of sp³-hybridized carbons (Fsp3) is 0.231. The van der Waals surface area contributed by atoms with Gasteiger partial charge in [-0.05, 0) is 47.7 Å². The minimum atomic E-state index is -3.98. The second-order valence-corrected chi connectivity index (χ2v) is 9.78. The van der Waals surface area contributed by atoms with Gasteiger partial charge >= 0.3 is 10.2 Å². The van der Waals surface area contributed by atoms with E-state index in [1.165, 1.54) is 0 Å². The number of hydrogen-bond acceptors (Lipinski definition) is 5. The maximum atomic E-state index is 12.5. The molecule has 0 unspecified atom stereocenters. The number of amides is 2. The summed E-state index contributed by atoms with van der Waals surface area (Å²) >= 11 is 0. The van der Waals surface area contributed by atoms with Gasteiger partial charge in [0.25, 0.3) is 5.91 Å². The monoisotopic (exact) mass is 493 g/mol. The van der Waals surface area contributed by atoms with E-state index in [0.29, 0.717) is 24.4 Å². The number of nitrogens with one attached hydrogen (secondary N) is 2. The summed E-state index contributed by atoms with van der Waals surface area (Å²) in [6, 6.07) is 22.5. The maximum absolute atomic E-state index is 12.5. The Labute approximate surface area is 205 Å². The van der Waals surface area contributed by atoms with E-state index in [0.717, 1.165) is 26.6 Å². The molecule has 3 aromatic rings. The number of benzene rings is 3. The molecule has 2 amide bonds. The van der Waals surface area contributed by atoms with Crippen LogP contribution in [0.15, 0.2) is 72.8 Å². The molecular formula is C26H27N3O5S. The zero-order valence-electron chi connectivity index (χ0n) is 19.4. The smallest absolute Gasteiger partial charge is 0.326 e. The van der Waals surface area contributed by atoms with E-state index >= 15 is 0 Å². The van der Waals surface area contributed by atoms with E-state index < -0.39 is 16.1 Å². The van der Waals surface area contributed by atoms with Crippen LogP contribution in [0.3, 0.4) is 0 Å². The van der Waals surface area contributed by atoms with Gasteiger partial charge in [0, 0.05) is 6.54 Å². The molecule has 8 nitrogen and oxygen atoms in total. The lowest BCUT2D eigenvalue weighted by Crippen LogP contribution is -2.29. The summed E-state index contributed by atoms with van der Waals surface area (Å²) in [6.45, 7) is 2.38. The average Bonchev–Trinajstić information content (AvgIpc) is 3.11. The third kappa shape index (κ3) is 5.99. The van der Waals surface area contributed by atoms with Crippen molar-refractivity contribution in [3.8, 4) is 5.75 Å². The summed E-state index contributed by atoms with van der Waals surface area (Å²) in [7, 11) is -3.98. The Morgan fingerprint density at radius 2 is 1.71 bits per heavy atom. The van der Waals surface area contributed by atoms with Crippen molar-refractivity contribution >= 4 is 27.7 Å². The van der Waals surface area contributed by atoms with Crippen LogP contribution < -0.4 is 19.1 Å². The van der Waals surface area contributed by atoms with E-state index in [9.17, 15) is 18.0 Å². The molecule has 0 aliphatic carbocycles. The highest BCUT2D eigenvalue weighted by molar-refractivity contribution is 7.92. The Bertz CT molecular complexity index is 1330. The molecule has 2 N–H and O–H groups in total. The molecule has 182 valence electrons. The van der Waals surface area contributed by atoms with Gasteiger partial charge in [-0.15, -0.1) is 0 Å². The number of rotatable bonds is 9. The van der Waals surface area contributed by atoms with Crippen molar-refractivity contribution in [3.63, 3.8) is 0 Å². The van der Waals surface area contributed by atoms with Crippen molar-refractivity contribution in [2.24, 2.45) is 0 Å². The van der Waals surface area contributed by atoms with Crippen molar-refractivity contribution in [1.82, 2.24) is 10.0 Å². The van der Waals surface area contributed by atoms with Gasteiger partial charge in [-0.1, -0.05) is 60.7 Å². The van der Waals surface area contributed by atoms with Gasteiger partial charge in [0.15, 0.2) is 0 Å². The molecule has 0 spiro atoms. The summed E-state index contributed by atoms with van der Waals surface area (Å²) < 4.78 is 34.0. The lowest BCUT2D eigenvalue weighted by Gasteiger charge is -2.20. The van der Waals surface area contributed by atoms with Gasteiger partial charge in [0.05, 0.1) is 12.1 Å². The molecule has 9 heteroatoms. The second-order valence-electron chi connectivity index (χ2n) is 8.19.